The van der Waals surface area contributed by atoms with Gasteiger partial charge in [0.1, 0.15) is 0 Å². The van der Waals surface area contributed by atoms with E-state index in [0.717, 1.165) is 24.5 Å². The van der Waals surface area contributed by atoms with Gasteiger partial charge in [-0.1, -0.05) is 12.1 Å². The summed E-state index contributed by atoms with van der Waals surface area (Å²) in [7, 11) is 10.7. The average molecular weight is 528 g/mol. The number of anilines is 1. The van der Waals surface area contributed by atoms with Crippen molar-refractivity contribution in [1.82, 2.24) is 10.6 Å². The van der Waals surface area contributed by atoms with Crippen molar-refractivity contribution in [3.8, 4) is 17.2 Å². The van der Waals surface area contributed by atoms with Gasteiger partial charge in [-0.2, -0.15) is 0 Å². The summed E-state index contributed by atoms with van der Waals surface area (Å²) in [5, 5.41) is 6.66. The molecule has 0 saturated heterocycles. The lowest BCUT2D eigenvalue weighted by Gasteiger charge is -2.16. The second kappa shape index (κ2) is 13.0. The molecule has 0 amide bonds. The smallest absolute Gasteiger partial charge is 0.203 e. The van der Waals surface area contributed by atoms with E-state index in [-0.39, 0.29) is 24.0 Å². The lowest BCUT2D eigenvalue weighted by atomic mass is 10.1. The molecule has 30 heavy (non-hydrogen) atoms. The maximum atomic E-state index is 5.41. The van der Waals surface area contributed by atoms with Crippen LogP contribution in [0.5, 0.6) is 17.2 Å². The number of benzene rings is 2. The molecule has 2 N–H and O–H groups in total. The van der Waals surface area contributed by atoms with Crippen LogP contribution < -0.4 is 29.7 Å². The van der Waals surface area contributed by atoms with E-state index in [4.69, 9.17) is 14.2 Å². The van der Waals surface area contributed by atoms with E-state index in [2.05, 4.69) is 44.8 Å². The van der Waals surface area contributed by atoms with Crippen molar-refractivity contribution in [2.45, 2.75) is 13.0 Å². The second-order valence-electron chi connectivity index (χ2n) is 6.70. The zero-order valence-electron chi connectivity index (χ0n) is 18.6. The fourth-order valence-corrected chi connectivity index (χ4v) is 2.93. The van der Waals surface area contributed by atoms with Crippen LogP contribution in [0.25, 0.3) is 0 Å². The molecule has 0 atom stereocenters. The third-order valence-corrected chi connectivity index (χ3v) is 4.57. The average Bonchev–Trinajstić information content (AvgIpc) is 2.75. The molecule has 8 heteroatoms. The van der Waals surface area contributed by atoms with Crippen LogP contribution in [0.15, 0.2) is 41.4 Å². The Kier molecular flexibility index (Phi) is 11.2. The monoisotopic (exact) mass is 528 g/mol. The van der Waals surface area contributed by atoms with Gasteiger partial charge in [-0.25, -0.2) is 0 Å². The molecule has 0 aliphatic rings. The minimum Gasteiger partial charge on any atom is -0.493 e. The fraction of sp³-hybridized carbons (Fsp3) is 0.409. The Bertz CT molecular complexity index is 786. The zero-order valence-corrected chi connectivity index (χ0v) is 20.9. The van der Waals surface area contributed by atoms with Gasteiger partial charge in [0.15, 0.2) is 17.5 Å². The molecule has 2 rings (SSSR count). The molecular weight excluding hydrogens is 495 g/mol. The molecule has 0 fully saturated rings. The van der Waals surface area contributed by atoms with Crippen molar-refractivity contribution >= 4 is 35.6 Å². The van der Waals surface area contributed by atoms with Gasteiger partial charge in [-0.3, -0.25) is 4.99 Å². The third kappa shape index (κ3) is 7.16. The van der Waals surface area contributed by atoms with Crippen molar-refractivity contribution < 1.29 is 14.2 Å². The summed E-state index contributed by atoms with van der Waals surface area (Å²) < 4.78 is 16.2. The summed E-state index contributed by atoms with van der Waals surface area (Å²) in [6.45, 7) is 1.37. The van der Waals surface area contributed by atoms with Crippen LogP contribution in [0.3, 0.4) is 0 Å². The molecule has 7 nitrogen and oxygen atoms in total. The number of ether oxygens (including phenoxy) is 3. The Morgan fingerprint density at radius 3 is 1.97 bits per heavy atom. The number of rotatable bonds is 9. The zero-order chi connectivity index (χ0) is 21.2. The topological polar surface area (TPSA) is 67.4 Å². The molecular formula is C22H33IN4O3. The molecule has 2 aromatic carbocycles. The quantitative estimate of drug-likeness (QED) is 0.296. The molecule has 0 aliphatic heterocycles. The number of hydrogen-bond acceptors (Lipinski definition) is 5. The molecule has 0 aromatic heterocycles. The van der Waals surface area contributed by atoms with Crippen LogP contribution in [0.4, 0.5) is 5.69 Å². The van der Waals surface area contributed by atoms with Gasteiger partial charge in [0, 0.05) is 39.9 Å². The van der Waals surface area contributed by atoms with Crippen molar-refractivity contribution in [2.75, 3.05) is 53.9 Å². The van der Waals surface area contributed by atoms with Crippen LogP contribution in [-0.4, -0.2) is 55.0 Å². The molecule has 0 bridgehead atoms. The van der Waals surface area contributed by atoms with Gasteiger partial charge in [-0.05, 0) is 41.8 Å². The van der Waals surface area contributed by atoms with Gasteiger partial charge < -0.3 is 29.7 Å². The first-order valence-corrected chi connectivity index (χ1v) is 9.52. The molecule has 2 aromatic rings. The molecule has 0 saturated carbocycles. The Labute approximate surface area is 196 Å². The highest BCUT2D eigenvalue weighted by Gasteiger charge is 2.13. The third-order valence-electron chi connectivity index (χ3n) is 4.57. The molecule has 0 radical (unpaired) electrons. The summed E-state index contributed by atoms with van der Waals surface area (Å²) in [6, 6.07) is 12.4. The highest BCUT2D eigenvalue weighted by Crippen LogP contribution is 2.38. The number of halogens is 1. The van der Waals surface area contributed by atoms with Crippen molar-refractivity contribution in [1.29, 1.82) is 0 Å². The number of guanidine groups is 1. The Hall–Kier alpha value is -2.36. The summed E-state index contributed by atoms with van der Waals surface area (Å²) >= 11 is 0. The van der Waals surface area contributed by atoms with Crippen LogP contribution in [0.1, 0.15) is 11.1 Å². The summed E-state index contributed by atoms with van der Waals surface area (Å²) in [4.78, 5) is 6.39. The van der Waals surface area contributed by atoms with E-state index in [1.54, 1.807) is 28.4 Å². The first-order chi connectivity index (χ1) is 14.0. The van der Waals surface area contributed by atoms with Gasteiger partial charge >= 0.3 is 0 Å². The molecule has 0 aliphatic carbocycles. The summed E-state index contributed by atoms with van der Waals surface area (Å²) in [6.07, 6.45) is 0.915. The number of aliphatic imine (C=N–C) groups is 1. The molecule has 0 unspecified atom stereocenters. The largest absolute Gasteiger partial charge is 0.493 e. The maximum Gasteiger partial charge on any atom is 0.203 e. The first-order valence-electron chi connectivity index (χ1n) is 9.52. The Morgan fingerprint density at radius 1 is 0.900 bits per heavy atom. The lowest BCUT2D eigenvalue weighted by Crippen LogP contribution is -2.37. The Morgan fingerprint density at radius 2 is 1.50 bits per heavy atom. The second-order valence-corrected chi connectivity index (χ2v) is 6.70. The number of methoxy groups -OCH3 is 3. The molecule has 166 valence electrons. The van der Waals surface area contributed by atoms with Gasteiger partial charge in [-0.15, -0.1) is 24.0 Å². The van der Waals surface area contributed by atoms with E-state index >= 15 is 0 Å². The molecule has 0 spiro atoms. The van der Waals surface area contributed by atoms with E-state index in [1.165, 1.54) is 11.3 Å². The predicted octanol–water partition coefficient (Wildman–Crippen LogP) is 3.30. The standard InChI is InChI=1S/C22H32N4O3.HI/c1-23-22(24-12-11-16-7-9-18(10-8-16)26(2)3)25-15-17-13-19(27-4)21(29-6)20(14-17)28-5;/h7-10,13-14H,11-12,15H2,1-6H3,(H2,23,24,25);1H. The molecule has 0 heterocycles. The summed E-state index contributed by atoms with van der Waals surface area (Å²) in [5.74, 6) is 2.59. The van der Waals surface area contributed by atoms with E-state index in [9.17, 15) is 0 Å². The highest BCUT2D eigenvalue weighted by atomic mass is 127. The fourth-order valence-electron chi connectivity index (χ4n) is 2.93. The van der Waals surface area contributed by atoms with Crippen LogP contribution in [-0.2, 0) is 13.0 Å². The SMILES string of the molecule is CN=C(NCCc1ccc(N(C)C)cc1)NCc1cc(OC)c(OC)c(OC)c1.I. The van der Waals surface area contributed by atoms with E-state index in [1.807, 2.05) is 26.2 Å². The lowest BCUT2D eigenvalue weighted by molar-refractivity contribution is 0.323. The van der Waals surface area contributed by atoms with Crippen LogP contribution in [0, 0.1) is 0 Å². The predicted molar refractivity (Wildman–Crippen MR) is 134 cm³/mol. The van der Waals surface area contributed by atoms with Crippen LogP contribution in [0.2, 0.25) is 0 Å². The van der Waals surface area contributed by atoms with Gasteiger partial charge in [0.05, 0.1) is 21.3 Å². The summed E-state index contributed by atoms with van der Waals surface area (Å²) in [5.41, 5.74) is 3.48. The van der Waals surface area contributed by atoms with Crippen molar-refractivity contribution in [3.05, 3.63) is 47.5 Å². The van der Waals surface area contributed by atoms with Gasteiger partial charge in [0.2, 0.25) is 5.75 Å². The Balaban J connectivity index is 0.00000450. The number of hydrogen-bond donors (Lipinski definition) is 2. The van der Waals surface area contributed by atoms with Crippen molar-refractivity contribution in [3.63, 3.8) is 0 Å². The van der Waals surface area contributed by atoms with Crippen molar-refractivity contribution in [2.24, 2.45) is 4.99 Å². The minimum absolute atomic E-state index is 0. The maximum absolute atomic E-state index is 5.41. The normalized spacial score (nSPS) is 10.7. The highest BCUT2D eigenvalue weighted by molar-refractivity contribution is 14.0. The minimum atomic E-state index is 0. The number of nitrogens with zero attached hydrogens (tertiary/aromatic N) is 2. The van der Waals surface area contributed by atoms with Crippen LogP contribution >= 0.6 is 24.0 Å². The van der Waals surface area contributed by atoms with E-state index < -0.39 is 0 Å². The number of nitrogens with one attached hydrogen (secondary N) is 2. The van der Waals surface area contributed by atoms with Gasteiger partial charge in [0.25, 0.3) is 0 Å². The first kappa shape index (κ1) is 25.7. The van der Waals surface area contributed by atoms with E-state index in [0.29, 0.717) is 23.8 Å².